The second-order valence-corrected chi connectivity index (χ2v) is 7.15. The third-order valence-electron chi connectivity index (χ3n) is 2.89. The zero-order valence-electron chi connectivity index (χ0n) is 19.8. The van der Waals surface area contributed by atoms with Crippen LogP contribution >= 0.6 is 0 Å². The van der Waals surface area contributed by atoms with E-state index in [1.165, 1.54) is 0 Å². The van der Waals surface area contributed by atoms with Crippen LogP contribution in [0.4, 0.5) is 4.79 Å². The van der Waals surface area contributed by atoms with Crippen LogP contribution in [0.3, 0.4) is 0 Å². The summed E-state index contributed by atoms with van der Waals surface area (Å²) in [5.41, 5.74) is 4.37. The van der Waals surface area contributed by atoms with Gasteiger partial charge in [-0.05, 0) is 34.6 Å². The van der Waals surface area contributed by atoms with Gasteiger partial charge in [-0.15, -0.1) is 0 Å². The zero-order valence-corrected chi connectivity index (χ0v) is 19.8. The standard InChI is InChI=1S/C15H24N2O7.C6H8O4/c1-5-22-12(19)6-7-13(20)23-9-10(8-11(16)18)17-14(21)24-15(2,3)4;1-2-10-6(9)4-3-5(7)8/h6-7,10H,5,8-9H2,1-4H3,(H2,16,18)(H,17,21);3-4H,2H2,1H3,(H,7,8)/b7-6+;4-3+/t10-;/m0./s1. The highest BCUT2D eigenvalue weighted by Crippen LogP contribution is 2.07. The number of ether oxygens (including phenoxy) is 4. The molecule has 0 heterocycles. The topological polar surface area (TPSA) is 198 Å². The minimum Gasteiger partial charge on any atom is -0.478 e. The van der Waals surface area contributed by atoms with Gasteiger partial charge in [-0.25, -0.2) is 24.0 Å². The van der Waals surface area contributed by atoms with E-state index in [-0.39, 0.29) is 26.2 Å². The van der Waals surface area contributed by atoms with E-state index in [4.69, 9.17) is 20.3 Å². The fraction of sp³-hybridized carbons (Fsp3) is 0.524. The minimum atomic E-state index is -1.16. The molecule has 13 nitrogen and oxygen atoms in total. The Kier molecular flexibility index (Phi) is 16.7. The van der Waals surface area contributed by atoms with Gasteiger partial charge in [0.05, 0.1) is 25.7 Å². The van der Waals surface area contributed by atoms with E-state index < -0.39 is 47.5 Å². The lowest BCUT2D eigenvalue weighted by molar-refractivity contribution is -0.140. The summed E-state index contributed by atoms with van der Waals surface area (Å²) >= 11 is 0. The molecule has 0 unspecified atom stereocenters. The maximum atomic E-state index is 11.7. The van der Waals surface area contributed by atoms with E-state index in [1.807, 2.05) is 0 Å². The smallest absolute Gasteiger partial charge is 0.408 e. The van der Waals surface area contributed by atoms with E-state index in [0.717, 1.165) is 24.3 Å². The van der Waals surface area contributed by atoms with Crippen molar-refractivity contribution < 1.29 is 52.8 Å². The van der Waals surface area contributed by atoms with Crippen molar-refractivity contribution in [2.45, 2.75) is 52.7 Å². The summed E-state index contributed by atoms with van der Waals surface area (Å²) in [6, 6.07) is -0.850. The van der Waals surface area contributed by atoms with Crippen molar-refractivity contribution in [2.75, 3.05) is 19.8 Å². The minimum absolute atomic E-state index is 0.179. The van der Waals surface area contributed by atoms with Gasteiger partial charge >= 0.3 is 30.0 Å². The summed E-state index contributed by atoms with van der Waals surface area (Å²) in [6.07, 6.45) is 2.38. The van der Waals surface area contributed by atoms with E-state index in [2.05, 4.69) is 14.8 Å². The highest BCUT2D eigenvalue weighted by atomic mass is 16.6. The number of carboxylic acids is 1. The fourth-order valence-corrected chi connectivity index (χ4v) is 1.76. The molecule has 192 valence electrons. The van der Waals surface area contributed by atoms with Gasteiger partial charge in [0.2, 0.25) is 5.91 Å². The number of nitrogens with two attached hydrogens (primary N) is 1. The van der Waals surface area contributed by atoms with Crippen molar-refractivity contribution in [1.29, 1.82) is 0 Å². The van der Waals surface area contributed by atoms with Crippen LogP contribution in [0.15, 0.2) is 24.3 Å². The number of primary amides is 1. The molecule has 0 saturated heterocycles. The Hall–Kier alpha value is -3.90. The number of rotatable bonds is 11. The summed E-state index contributed by atoms with van der Waals surface area (Å²) in [5.74, 6) is -3.99. The lowest BCUT2D eigenvalue weighted by Gasteiger charge is -2.22. The van der Waals surface area contributed by atoms with E-state index in [0.29, 0.717) is 0 Å². The van der Waals surface area contributed by atoms with Gasteiger partial charge in [0.25, 0.3) is 0 Å². The number of esters is 3. The fourth-order valence-electron chi connectivity index (χ4n) is 1.76. The Balaban J connectivity index is 0. The molecule has 0 aliphatic rings. The van der Waals surface area contributed by atoms with Crippen molar-refractivity contribution in [1.82, 2.24) is 5.32 Å². The number of alkyl carbamates (subject to hydrolysis) is 1. The Labute approximate surface area is 197 Å². The number of hydrogen-bond acceptors (Lipinski definition) is 10. The number of carbonyl (C=O) groups is 6. The summed E-state index contributed by atoms with van der Waals surface area (Å²) in [6.45, 7) is 8.42. The molecule has 34 heavy (non-hydrogen) atoms. The van der Waals surface area contributed by atoms with Crippen molar-refractivity contribution in [2.24, 2.45) is 5.73 Å². The summed E-state index contributed by atoms with van der Waals surface area (Å²) in [7, 11) is 0. The second-order valence-electron chi connectivity index (χ2n) is 7.15. The Bertz CT molecular complexity index is 767. The van der Waals surface area contributed by atoms with Crippen molar-refractivity contribution >= 4 is 35.9 Å². The van der Waals surface area contributed by atoms with E-state index in [9.17, 15) is 28.8 Å². The van der Waals surface area contributed by atoms with Crippen LogP contribution in [-0.2, 0) is 42.9 Å². The maximum Gasteiger partial charge on any atom is 0.408 e. The number of nitrogens with one attached hydrogen (secondary N) is 1. The molecule has 2 amide bonds. The molecule has 1 atom stereocenters. The molecule has 0 bridgehead atoms. The first kappa shape index (κ1) is 32.3. The Morgan fingerprint density at radius 3 is 1.68 bits per heavy atom. The van der Waals surface area contributed by atoms with Crippen molar-refractivity contribution in [3.63, 3.8) is 0 Å². The molecule has 0 radical (unpaired) electrons. The Morgan fingerprint density at radius 1 is 0.853 bits per heavy atom. The van der Waals surface area contributed by atoms with Crippen molar-refractivity contribution in [3.05, 3.63) is 24.3 Å². The average molecular weight is 488 g/mol. The predicted octanol–water partition coefficient (Wildman–Crippen LogP) is 0.608. The van der Waals surface area contributed by atoms with Gasteiger partial charge in [0.1, 0.15) is 12.2 Å². The van der Waals surface area contributed by atoms with Crippen LogP contribution in [-0.4, -0.2) is 72.4 Å². The lowest BCUT2D eigenvalue weighted by Crippen LogP contribution is -2.43. The van der Waals surface area contributed by atoms with Crippen LogP contribution in [0.25, 0.3) is 0 Å². The first-order valence-electron chi connectivity index (χ1n) is 10.1. The van der Waals surface area contributed by atoms with E-state index in [1.54, 1.807) is 34.6 Å². The molecule has 0 aromatic carbocycles. The van der Waals surface area contributed by atoms with Crippen molar-refractivity contribution in [3.8, 4) is 0 Å². The lowest BCUT2D eigenvalue weighted by atomic mass is 10.2. The molecule has 0 rings (SSSR count). The molecule has 0 aliphatic carbocycles. The molecule has 0 aliphatic heterocycles. The quantitative estimate of drug-likeness (QED) is 0.209. The number of amides is 2. The number of aliphatic carboxylic acids is 1. The summed E-state index contributed by atoms with van der Waals surface area (Å²) < 4.78 is 18.9. The molecule has 0 fully saturated rings. The molecule has 4 N–H and O–H groups in total. The van der Waals surface area contributed by atoms with Crippen LogP contribution < -0.4 is 11.1 Å². The molecular formula is C21H32N2O11. The van der Waals surface area contributed by atoms with Gasteiger partial charge in [0.15, 0.2) is 0 Å². The summed E-state index contributed by atoms with van der Waals surface area (Å²) in [5, 5.41) is 10.4. The van der Waals surface area contributed by atoms with Gasteiger partial charge < -0.3 is 35.1 Å². The monoisotopic (exact) mass is 488 g/mol. The maximum absolute atomic E-state index is 11.7. The first-order valence-corrected chi connectivity index (χ1v) is 10.1. The van der Waals surface area contributed by atoms with Crippen LogP contribution in [0, 0.1) is 0 Å². The summed E-state index contributed by atoms with van der Waals surface area (Å²) in [4.78, 5) is 65.4. The van der Waals surface area contributed by atoms with Crippen LogP contribution in [0.1, 0.15) is 41.0 Å². The number of carboxylic acid groups (broad SMARTS) is 1. The van der Waals surface area contributed by atoms with Gasteiger partial charge in [0, 0.05) is 24.3 Å². The van der Waals surface area contributed by atoms with Crippen LogP contribution in [0.2, 0.25) is 0 Å². The average Bonchev–Trinajstić information content (AvgIpc) is 2.68. The van der Waals surface area contributed by atoms with Crippen LogP contribution in [0.5, 0.6) is 0 Å². The second kappa shape index (κ2) is 17.6. The molecule has 0 aromatic heterocycles. The molecular weight excluding hydrogens is 456 g/mol. The SMILES string of the molecule is CCOC(=O)/C=C/C(=O)O.CCOC(=O)/C=C/C(=O)OC[C@H](CC(N)=O)NC(=O)OC(C)(C)C. The highest BCUT2D eigenvalue weighted by molar-refractivity contribution is 5.92. The highest BCUT2D eigenvalue weighted by Gasteiger charge is 2.21. The van der Waals surface area contributed by atoms with E-state index >= 15 is 0 Å². The third-order valence-corrected chi connectivity index (χ3v) is 2.89. The van der Waals surface area contributed by atoms with Gasteiger partial charge in [-0.1, -0.05) is 0 Å². The molecule has 0 aromatic rings. The molecule has 0 saturated carbocycles. The number of hydrogen-bond donors (Lipinski definition) is 3. The molecule has 13 heteroatoms. The largest absolute Gasteiger partial charge is 0.478 e. The first-order chi connectivity index (χ1) is 15.7. The Morgan fingerprint density at radius 2 is 1.29 bits per heavy atom. The number of carbonyl (C=O) groups excluding carboxylic acids is 5. The zero-order chi connectivity index (χ0) is 26.7. The van der Waals surface area contributed by atoms with Gasteiger partial charge in [-0.3, -0.25) is 4.79 Å². The normalized spacial score (nSPS) is 11.6. The van der Waals surface area contributed by atoms with Gasteiger partial charge in [-0.2, -0.15) is 0 Å². The predicted molar refractivity (Wildman–Crippen MR) is 117 cm³/mol. The molecule has 0 spiro atoms. The third kappa shape index (κ3) is 22.8.